The SMILES string of the molecule is COc1ccc(C2CC(c3ccc4ccccc4c3)=NN2C(=O)Cn2cc(C)nc2C)cc1. The first kappa shape index (κ1) is 20.9. The zero-order valence-corrected chi connectivity index (χ0v) is 19.0. The van der Waals surface area contributed by atoms with E-state index in [0.717, 1.165) is 39.5 Å². The first-order valence-electron chi connectivity index (χ1n) is 11.0. The number of amides is 1. The molecule has 2 heterocycles. The van der Waals surface area contributed by atoms with Crippen LogP contribution in [-0.4, -0.2) is 33.3 Å². The van der Waals surface area contributed by atoms with Crippen LogP contribution in [0, 0.1) is 13.8 Å². The van der Waals surface area contributed by atoms with Crippen LogP contribution in [0.1, 0.15) is 35.1 Å². The Labute approximate surface area is 193 Å². The van der Waals surface area contributed by atoms with Crippen molar-refractivity contribution in [3.63, 3.8) is 0 Å². The molecule has 166 valence electrons. The molecule has 1 aliphatic rings. The molecule has 1 aliphatic heterocycles. The molecule has 0 saturated carbocycles. The summed E-state index contributed by atoms with van der Waals surface area (Å²) in [7, 11) is 1.65. The molecule has 0 radical (unpaired) electrons. The number of methoxy groups -OCH3 is 1. The molecule has 6 heteroatoms. The van der Waals surface area contributed by atoms with Crippen molar-refractivity contribution >= 4 is 22.4 Å². The maximum Gasteiger partial charge on any atom is 0.263 e. The molecule has 1 aromatic heterocycles. The van der Waals surface area contributed by atoms with Gasteiger partial charge in [-0.2, -0.15) is 5.10 Å². The highest BCUT2D eigenvalue weighted by molar-refractivity contribution is 6.05. The summed E-state index contributed by atoms with van der Waals surface area (Å²) < 4.78 is 7.19. The minimum atomic E-state index is -0.171. The molecule has 6 nitrogen and oxygen atoms in total. The van der Waals surface area contributed by atoms with Crippen LogP contribution in [0.25, 0.3) is 10.8 Å². The number of nitrogens with zero attached hydrogens (tertiary/aromatic N) is 4. The van der Waals surface area contributed by atoms with E-state index in [1.165, 1.54) is 5.39 Å². The molecule has 0 aliphatic carbocycles. The Balaban J connectivity index is 1.50. The highest BCUT2D eigenvalue weighted by Gasteiger charge is 2.33. The molecule has 0 bridgehead atoms. The van der Waals surface area contributed by atoms with E-state index in [2.05, 4.69) is 35.3 Å². The molecule has 0 fully saturated rings. The summed E-state index contributed by atoms with van der Waals surface area (Å²) in [6, 6.07) is 22.3. The van der Waals surface area contributed by atoms with Crippen LogP contribution in [-0.2, 0) is 11.3 Å². The first-order valence-corrected chi connectivity index (χ1v) is 11.0. The fourth-order valence-corrected chi connectivity index (χ4v) is 4.41. The number of carbonyl (C=O) groups excluding carboxylic acids is 1. The van der Waals surface area contributed by atoms with E-state index in [9.17, 15) is 4.79 Å². The van der Waals surface area contributed by atoms with Gasteiger partial charge in [-0.05, 0) is 53.9 Å². The smallest absolute Gasteiger partial charge is 0.263 e. The van der Waals surface area contributed by atoms with Crippen molar-refractivity contribution < 1.29 is 9.53 Å². The van der Waals surface area contributed by atoms with Crippen LogP contribution < -0.4 is 4.74 Å². The van der Waals surface area contributed by atoms with E-state index < -0.39 is 0 Å². The van der Waals surface area contributed by atoms with Crippen molar-refractivity contribution in [2.45, 2.75) is 32.9 Å². The van der Waals surface area contributed by atoms with Crippen molar-refractivity contribution in [3.8, 4) is 5.75 Å². The summed E-state index contributed by atoms with van der Waals surface area (Å²) in [5.41, 5.74) is 3.88. The molecule has 0 saturated heterocycles. The van der Waals surface area contributed by atoms with Gasteiger partial charge in [-0.1, -0.05) is 48.5 Å². The van der Waals surface area contributed by atoms with Crippen LogP contribution in [0.15, 0.2) is 78.0 Å². The van der Waals surface area contributed by atoms with E-state index in [0.29, 0.717) is 6.42 Å². The van der Waals surface area contributed by atoms with E-state index >= 15 is 0 Å². The summed E-state index contributed by atoms with van der Waals surface area (Å²) in [4.78, 5) is 17.8. The van der Waals surface area contributed by atoms with Gasteiger partial charge in [0.2, 0.25) is 0 Å². The van der Waals surface area contributed by atoms with Crippen molar-refractivity contribution in [1.29, 1.82) is 0 Å². The number of rotatable bonds is 5. The third-order valence-corrected chi connectivity index (χ3v) is 6.15. The third kappa shape index (κ3) is 4.12. The second-order valence-corrected chi connectivity index (χ2v) is 8.40. The van der Waals surface area contributed by atoms with E-state index in [1.54, 1.807) is 12.1 Å². The Morgan fingerprint density at radius 3 is 2.48 bits per heavy atom. The molecule has 5 rings (SSSR count). The topological polar surface area (TPSA) is 59.7 Å². The monoisotopic (exact) mass is 438 g/mol. The van der Waals surface area contributed by atoms with Gasteiger partial charge in [0.05, 0.1) is 24.6 Å². The average Bonchev–Trinajstić information content (AvgIpc) is 3.42. The zero-order valence-electron chi connectivity index (χ0n) is 19.0. The molecule has 1 atom stereocenters. The fourth-order valence-electron chi connectivity index (χ4n) is 4.41. The normalized spacial score (nSPS) is 15.7. The Hall–Kier alpha value is -3.93. The van der Waals surface area contributed by atoms with Crippen molar-refractivity contribution in [1.82, 2.24) is 14.6 Å². The molecule has 3 aromatic carbocycles. The highest BCUT2D eigenvalue weighted by Crippen LogP contribution is 2.34. The lowest BCUT2D eigenvalue weighted by atomic mass is 9.97. The number of benzene rings is 3. The largest absolute Gasteiger partial charge is 0.497 e. The molecule has 33 heavy (non-hydrogen) atoms. The highest BCUT2D eigenvalue weighted by atomic mass is 16.5. The second-order valence-electron chi connectivity index (χ2n) is 8.40. The maximum absolute atomic E-state index is 13.4. The Morgan fingerprint density at radius 2 is 1.79 bits per heavy atom. The van der Waals surface area contributed by atoms with E-state index in [-0.39, 0.29) is 18.5 Å². The van der Waals surface area contributed by atoms with Crippen molar-refractivity contribution in [2.24, 2.45) is 5.10 Å². The number of hydrogen-bond donors (Lipinski definition) is 0. The van der Waals surface area contributed by atoms with Crippen molar-refractivity contribution in [3.05, 3.63) is 95.6 Å². The van der Waals surface area contributed by atoms with Crippen LogP contribution in [0.2, 0.25) is 0 Å². The second kappa shape index (κ2) is 8.54. The minimum absolute atomic E-state index is 0.0629. The maximum atomic E-state index is 13.4. The molecular formula is C27H26N4O2. The molecule has 1 unspecified atom stereocenters. The van der Waals surface area contributed by atoms with Crippen LogP contribution in [0.4, 0.5) is 0 Å². The lowest BCUT2D eigenvalue weighted by molar-refractivity contribution is -0.133. The Bertz CT molecular complexity index is 1350. The van der Waals surface area contributed by atoms with E-state index in [1.807, 2.05) is 61.0 Å². The average molecular weight is 439 g/mol. The quantitative estimate of drug-likeness (QED) is 0.439. The van der Waals surface area contributed by atoms with Gasteiger partial charge in [0, 0.05) is 12.6 Å². The summed E-state index contributed by atoms with van der Waals surface area (Å²) >= 11 is 0. The predicted octanol–water partition coefficient (Wildman–Crippen LogP) is 5.04. The summed E-state index contributed by atoms with van der Waals surface area (Å²) in [5, 5.41) is 8.82. The van der Waals surface area contributed by atoms with Gasteiger partial charge in [-0.3, -0.25) is 4.79 Å². The number of carbonyl (C=O) groups is 1. The molecule has 0 N–H and O–H groups in total. The number of imidazole rings is 1. The standard InChI is InChI=1S/C27H26N4O2/c1-18-16-30(19(2)28-18)17-27(32)31-26(21-10-12-24(33-3)13-11-21)15-25(29-31)23-9-8-20-6-4-5-7-22(20)14-23/h4-14,16,26H,15,17H2,1-3H3. The lowest BCUT2D eigenvalue weighted by Gasteiger charge is -2.22. The molecule has 4 aromatic rings. The minimum Gasteiger partial charge on any atom is -0.497 e. The molecule has 0 spiro atoms. The number of aryl methyl sites for hydroxylation is 2. The summed E-state index contributed by atoms with van der Waals surface area (Å²) in [6.07, 6.45) is 2.55. The third-order valence-electron chi connectivity index (χ3n) is 6.15. The van der Waals surface area contributed by atoms with Crippen LogP contribution in [0.5, 0.6) is 5.75 Å². The number of ether oxygens (including phenoxy) is 1. The summed E-state index contributed by atoms with van der Waals surface area (Å²) in [5.74, 6) is 1.54. The van der Waals surface area contributed by atoms with Gasteiger partial charge < -0.3 is 9.30 Å². The van der Waals surface area contributed by atoms with Gasteiger partial charge in [0.1, 0.15) is 18.1 Å². The van der Waals surface area contributed by atoms with Gasteiger partial charge in [-0.25, -0.2) is 9.99 Å². The predicted molar refractivity (Wildman–Crippen MR) is 129 cm³/mol. The molecule has 1 amide bonds. The number of hydrogen-bond acceptors (Lipinski definition) is 4. The van der Waals surface area contributed by atoms with Gasteiger partial charge in [0.15, 0.2) is 0 Å². The van der Waals surface area contributed by atoms with Gasteiger partial charge in [0.25, 0.3) is 5.91 Å². The Kier molecular flexibility index (Phi) is 5.42. The number of aromatic nitrogens is 2. The number of fused-ring (bicyclic) bond motifs is 1. The zero-order chi connectivity index (χ0) is 22.9. The summed E-state index contributed by atoms with van der Waals surface area (Å²) in [6.45, 7) is 4.04. The van der Waals surface area contributed by atoms with Crippen LogP contribution >= 0.6 is 0 Å². The van der Waals surface area contributed by atoms with Crippen LogP contribution in [0.3, 0.4) is 0 Å². The molecular weight excluding hydrogens is 412 g/mol. The fraction of sp³-hybridized carbons (Fsp3) is 0.222. The first-order chi connectivity index (χ1) is 16.0. The lowest BCUT2D eigenvalue weighted by Crippen LogP contribution is -2.30. The van der Waals surface area contributed by atoms with Gasteiger partial charge in [-0.15, -0.1) is 0 Å². The Morgan fingerprint density at radius 1 is 1.03 bits per heavy atom. The number of hydrazone groups is 1. The van der Waals surface area contributed by atoms with Crippen molar-refractivity contribution in [2.75, 3.05) is 7.11 Å². The van der Waals surface area contributed by atoms with Gasteiger partial charge >= 0.3 is 0 Å². The van der Waals surface area contributed by atoms with E-state index in [4.69, 9.17) is 9.84 Å².